The van der Waals surface area contributed by atoms with Gasteiger partial charge in [0.2, 0.25) is 0 Å². The molecule has 0 spiro atoms. The van der Waals surface area contributed by atoms with Crippen LogP contribution in [0, 0.1) is 0 Å². The number of nitrogens with two attached hydrogens (primary N) is 1. The summed E-state index contributed by atoms with van der Waals surface area (Å²) in [4.78, 5) is 7.49. The molecule has 0 aromatic carbocycles. The summed E-state index contributed by atoms with van der Waals surface area (Å²) in [5.41, 5.74) is 5.51. The van der Waals surface area contributed by atoms with Gasteiger partial charge in [-0.2, -0.15) is 0 Å². The maximum absolute atomic E-state index is 5.72. The highest BCUT2D eigenvalue weighted by atomic mass is 79.9. The molecule has 1 rings (SSSR count). The van der Waals surface area contributed by atoms with E-state index in [1.165, 1.54) is 6.33 Å². The van der Waals surface area contributed by atoms with Crippen LogP contribution < -0.4 is 10.5 Å². The fraction of sp³-hybridized carbons (Fsp3) is 0.429. The number of nitrogen functional groups attached to an aromatic ring is 1. The molecular formula is C7H11BrClN3O. The first kappa shape index (κ1) is 12.4. The van der Waals surface area contributed by atoms with Crippen LogP contribution in [0.5, 0.6) is 5.75 Å². The predicted molar refractivity (Wildman–Crippen MR) is 57.5 cm³/mol. The van der Waals surface area contributed by atoms with Gasteiger partial charge in [-0.25, -0.2) is 9.97 Å². The van der Waals surface area contributed by atoms with Gasteiger partial charge in [0, 0.05) is 0 Å². The Labute approximate surface area is 92.2 Å². The maximum atomic E-state index is 5.72. The second-order valence-corrected chi connectivity index (χ2v) is 2.90. The molecule has 13 heavy (non-hydrogen) atoms. The van der Waals surface area contributed by atoms with E-state index in [1.807, 2.05) is 13.8 Å². The van der Waals surface area contributed by atoms with Crippen molar-refractivity contribution in [2.75, 3.05) is 5.73 Å². The molecule has 0 unspecified atom stereocenters. The first-order chi connectivity index (χ1) is 5.61. The number of nitrogens with zero attached hydrogens (tertiary/aromatic N) is 2. The number of anilines is 1. The second kappa shape index (κ2) is 5.24. The van der Waals surface area contributed by atoms with Crippen molar-refractivity contribution >= 4 is 34.4 Å². The Morgan fingerprint density at radius 1 is 1.46 bits per heavy atom. The number of hydrogen-bond donors (Lipinski definition) is 1. The van der Waals surface area contributed by atoms with Crippen LogP contribution in [-0.4, -0.2) is 16.1 Å². The number of hydrogen-bond acceptors (Lipinski definition) is 4. The summed E-state index contributed by atoms with van der Waals surface area (Å²) < 4.78 is 5.29. The molecule has 0 bridgehead atoms. The molecule has 1 heterocycles. The predicted octanol–water partition coefficient (Wildman–Crippen LogP) is 2.08. The Bertz CT molecular complexity index is 262. The van der Waals surface area contributed by atoms with Crippen molar-refractivity contribution in [2.45, 2.75) is 20.0 Å². The fourth-order valence-electron chi connectivity index (χ4n) is 0.709. The minimum atomic E-state index is 0. The highest BCUT2D eigenvalue weighted by Gasteiger charge is 2.09. The molecule has 0 aliphatic carbocycles. The summed E-state index contributed by atoms with van der Waals surface area (Å²) in [6.07, 6.45) is 1.31. The average molecular weight is 269 g/mol. The van der Waals surface area contributed by atoms with Crippen LogP contribution in [0.3, 0.4) is 0 Å². The topological polar surface area (TPSA) is 61.0 Å². The van der Waals surface area contributed by atoms with Crippen LogP contribution in [-0.2, 0) is 0 Å². The Balaban J connectivity index is 0.00000144. The fourth-order valence-corrected chi connectivity index (χ4v) is 0.894. The highest BCUT2D eigenvalue weighted by molar-refractivity contribution is 8.93. The van der Waals surface area contributed by atoms with E-state index in [0.717, 1.165) is 0 Å². The van der Waals surface area contributed by atoms with Gasteiger partial charge in [0.15, 0.2) is 16.7 Å². The summed E-state index contributed by atoms with van der Waals surface area (Å²) in [6.45, 7) is 3.76. The standard InChI is InChI=1S/C7H10ClN3O.BrH/c1-4(2)12-5-6(8)10-3-11-7(5)9;/h3-4H,1-2H3,(H2,9,10,11);1H. The lowest BCUT2D eigenvalue weighted by Gasteiger charge is -2.11. The van der Waals surface area contributed by atoms with Crippen LogP contribution >= 0.6 is 28.6 Å². The van der Waals surface area contributed by atoms with Crippen LogP contribution in [0.25, 0.3) is 0 Å². The molecule has 0 aliphatic rings. The first-order valence-corrected chi connectivity index (χ1v) is 3.91. The van der Waals surface area contributed by atoms with Gasteiger partial charge in [0.05, 0.1) is 6.10 Å². The van der Waals surface area contributed by atoms with Crippen molar-refractivity contribution in [2.24, 2.45) is 0 Å². The minimum Gasteiger partial charge on any atom is -0.484 e. The summed E-state index contributed by atoms with van der Waals surface area (Å²) in [5, 5.41) is 0.246. The number of halogens is 2. The number of rotatable bonds is 2. The Hall–Kier alpha value is -0.550. The third-order valence-corrected chi connectivity index (χ3v) is 1.41. The maximum Gasteiger partial charge on any atom is 0.199 e. The SMILES string of the molecule is Br.CC(C)Oc1c(N)ncnc1Cl. The van der Waals surface area contributed by atoms with Gasteiger partial charge in [0.1, 0.15) is 6.33 Å². The van der Waals surface area contributed by atoms with Crippen molar-refractivity contribution in [1.29, 1.82) is 0 Å². The van der Waals surface area contributed by atoms with E-state index in [9.17, 15) is 0 Å². The van der Waals surface area contributed by atoms with Gasteiger partial charge in [0.25, 0.3) is 0 Å². The summed E-state index contributed by atoms with van der Waals surface area (Å²) in [6, 6.07) is 0. The van der Waals surface area contributed by atoms with E-state index in [0.29, 0.717) is 5.75 Å². The second-order valence-electron chi connectivity index (χ2n) is 2.55. The monoisotopic (exact) mass is 267 g/mol. The quantitative estimate of drug-likeness (QED) is 0.834. The molecule has 0 saturated heterocycles. The lowest BCUT2D eigenvalue weighted by atomic mass is 10.4. The Morgan fingerprint density at radius 2 is 2.08 bits per heavy atom. The molecule has 0 aliphatic heterocycles. The van der Waals surface area contributed by atoms with E-state index < -0.39 is 0 Å². The summed E-state index contributed by atoms with van der Waals surface area (Å²) in [7, 11) is 0. The lowest BCUT2D eigenvalue weighted by Crippen LogP contribution is -2.09. The Kier molecular flexibility index (Phi) is 5.02. The molecule has 0 amide bonds. The van der Waals surface area contributed by atoms with Gasteiger partial charge in [-0.15, -0.1) is 17.0 Å². The molecule has 0 saturated carbocycles. The van der Waals surface area contributed by atoms with Crippen molar-refractivity contribution in [3.05, 3.63) is 11.5 Å². The van der Waals surface area contributed by atoms with Crippen molar-refractivity contribution in [3.63, 3.8) is 0 Å². The molecule has 4 nitrogen and oxygen atoms in total. The van der Waals surface area contributed by atoms with E-state index in [1.54, 1.807) is 0 Å². The summed E-state index contributed by atoms with van der Waals surface area (Å²) in [5.74, 6) is 0.623. The molecule has 0 radical (unpaired) electrons. The van der Waals surface area contributed by atoms with E-state index in [4.69, 9.17) is 22.1 Å². The Morgan fingerprint density at radius 3 is 2.54 bits per heavy atom. The van der Waals surface area contributed by atoms with E-state index in [2.05, 4.69) is 9.97 Å². The largest absolute Gasteiger partial charge is 0.484 e. The first-order valence-electron chi connectivity index (χ1n) is 3.54. The van der Waals surface area contributed by atoms with Gasteiger partial charge in [-0.1, -0.05) is 11.6 Å². The van der Waals surface area contributed by atoms with Crippen LogP contribution in [0.2, 0.25) is 5.15 Å². The van der Waals surface area contributed by atoms with Crippen LogP contribution in [0.4, 0.5) is 5.82 Å². The zero-order valence-electron chi connectivity index (χ0n) is 7.32. The molecule has 1 aromatic rings. The van der Waals surface area contributed by atoms with E-state index >= 15 is 0 Å². The number of ether oxygens (including phenoxy) is 1. The number of aromatic nitrogens is 2. The van der Waals surface area contributed by atoms with Gasteiger partial charge < -0.3 is 10.5 Å². The van der Waals surface area contributed by atoms with Gasteiger partial charge in [-0.05, 0) is 13.8 Å². The van der Waals surface area contributed by atoms with Crippen molar-refractivity contribution in [3.8, 4) is 5.75 Å². The zero-order valence-corrected chi connectivity index (χ0v) is 9.79. The molecule has 0 atom stereocenters. The molecule has 0 fully saturated rings. The zero-order chi connectivity index (χ0) is 9.14. The average Bonchev–Trinajstić information content (AvgIpc) is 1.97. The van der Waals surface area contributed by atoms with Gasteiger partial charge in [-0.3, -0.25) is 0 Å². The summed E-state index contributed by atoms with van der Waals surface area (Å²) >= 11 is 5.72. The molecule has 1 aromatic heterocycles. The highest BCUT2D eigenvalue weighted by Crippen LogP contribution is 2.27. The molecular weight excluding hydrogens is 257 g/mol. The van der Waals surface area contributed by atoms with Gasteiger partial charge >= 0.3 is 0 Å². The normalized spacial score (nSPS) is 9.54. The van der Waals surface area contributed by atoms with Crippen molar-refractivity contribution in [1.82, 2.24) is 9.97 Å². The minimum absolute atomic E-state index is 0. The lowest BCUT2D eigenvalue weighted by molar-refractivity contribution is 0.242. The third kappa shape index (κ3) is 3.36. The van der Waals surface area contributed by atoms with E-state index in [-0.39, 0.29) is 34.1 Å². The smallest absolute Gasteiger partial charge is 0.199 e. The third-order valence-electron chi connectivity index (χ3n) is 1.14. The molecule has 2 N–H and O–H groups in total. The van der Waals surface area contributed by atoms with Crippen LogP contribution in [0.1, 0.15) is 13.8 Å². The molecule has 6 heteroatoms. The van der Waals surface area contributed by atoms with Crippen molar-refractivity contribution < 1.29 is 4.74 Å². The van der Waals surface area contributed by atoms with Crippen LogP contribution in [0.15, 0.2) is 6.33 Å². The molecule has 74 valence electrons.